The summed E-state index contributed by atoms with van der Waals surface area (Å²) in [4.78, 5) is 12.2. The van der Waals surface area contributed by atoms with E-state index in [1.807, 2.05) is 44.3 Å². The van der Waals surface area contributed by atoms with E-state index in [0.717, 1.165) is 12.8 Å². The third kappa shape index (κ3) is 4.15. The van der Waals surface area contributed by atoms with Crippen LogP contribution in [-0.4, -0.2) is 45.3 Å². The number of hydrogen-bond acceptors (Lipinski definition) is 5. The van der Waals surface area contributed by atoms with Gasteiger partial charge in [-0.2, -0.15) is 0 Å². The van der Waals surface area contributed by atoms with Gasteiger partial charge in [0, 0.05) is 11.8 Å². The Bertz CT molecular complexity index is 346. The molecule has 2 heterocycles. The molecule has 0 radical (unpaired) electrons. The molecule has 1 N–H and O–H groups in total. The lowest BCUT2D eigenvalue weighted by Crippen LogP contribution is -2.45. The fourth-order valence-electron chi connectivity index (χ4n) is 2.74. The van der Waals surface area contributed by atoms with E-state index in [-0.39, 0.29) is 34.1 Å². The molecule has 2 aliphatic heterocycles. The topological polar surface area (TPSA) is 46.5 Å². The molecule has 116 valence electrons. The second kappa shape index (κ2) is 6.59. The summed E-state index contributed by atoms with van der Waals surface area (Å²) in [5, 5.41) is 9.49. The summed E-state index contributed by atoms with van der Waals surface area (Å²) < 4.78 is 6.09. The highest BCUT2D eigenvalue weighted by Crippen LogP contribution is 2.52. The molecule has 2 saturated heterocycles. The number of aliphatic hydroxyl groups is 1. The molecular formula is C15H26O3S2. The largest absolute Gasteiger partial charge is 0.394 e. The van der Waals surface area contributed by atoms with Crippen molar-refractivity contribution in [2.75, 3.05) is 18.1 Å². The predicted molar refractivity (Wildman–Crippen MR) is 86.3 cm³/mol. The maximum absolute atomic E-state index is 12.2. The summed E-state index contributed by atoms with van der Waals surface area (Å²) >= 11 is 4.01. The van der Waals surface area contributed by atoms with Gasteiger partial charge in [-0.25, -0.2) is 0 Å². The number of carbonyl (C=O) groups is 1. The van der Waals surface area contributed by atoms with Crippen molar-refractivity contribution in [1.82, 2.24) is 0 Å². The minimum Gasteiger partial charge on any atom is -0.394 e. The quantitative estimate of drug-likeness (QED) is 0.866. The fourth-order valence-corrected chi connectivity index (χ4v) is 6.29. The van der Waals surface area contributed by atoms with Gasteiger partial charge in [0.2, 0.25) is 0 Å². The van der Waals surface area contributed by atoms with Crippen LogP contribution in [0.4, 0.5) is 0 Å². The van der Waals surface area contributed by atoms with E-state index in [0.29, 0.717) is 6.42 Å². The highest BCUT2D eigenvalue weighted by atomic mass is 32.2. The van der Waals surface area contributed by atoms with Crippen LogP contribution in [0.5, 0.6) is 0 Å². The smallest absolute Gasteiger partial charge is 0.140 e. The van der Waals surface area contributed by atoms with Crippen LogP contribution in [0.1, 0.15) is 46.5 Å². The third-order valence-electron chi connectivity index (χ3n) is 3.93. The standard InChI is InChI=1S/C15H26O3S2/c1-14(2,3)13(17)7-11-8-15(9-12(10-16)18-11)19-5-4-6-20-15/h11-12,16H,4-10H2,1-3H3/t11-,12-/m1/s1. The van der Waals surface area contributed by atoms with Gasteiger partial charge >= 0.3 is 0 Å². The second-order valence-corrected chi connectivity index (χ2v) is 10.0. The Kier molecular flexibility index (Phi) is 5.49. The summed E-state index contributed by atoms with van der Waals surface area (Å²) in [6.07, 6.45) is 3.42. The Morgan fingerprint density at radius 1 is 1.25 bits per heavy atom. The third-order valence-corrected chi connectivity index (χ3v) is 7.35. The van der Waals surface area contributed by atoms with Crippen molar-refractivity contribution in [1.29, 1.82) is 0 Å². The summed E-state index contributed by atoms with van der Waals surface area (Å²) in [6, 6.07) is 0. The van der Waals surface area contributed by atoms with Gasteiger partial charge in [0.05, 0.1) is 22.9 Å². The molecule has 2 atom stereocenters. The number of thioether (sulfide) groups is 2. The van der Waals surface area contributed by atoms with Gasteiger partial charge in [0.15, 0.2) is 0 Å². The van der Waals surface area contributed by atoms with Crippen LogP contribution in [-0.2, 0) is 9.53 Å². The van der Waals surface area contributed by atoms with Crippen LogP contribution in [0.25, 0.3) is 0 Å². The number of Topliss-reactive ketones (excluding diaryl/α,β-unsaturated/α-hetero) is 1. The molecule has 0 saturated carbocycles. The maximum Gasteiger partial charge on any atom is 0.140 e. The van der Waals surface area contributed by atoms with Crippen LogP contribution in [0.2, 0.25) is 0 Å². The molecule has 3 nitrogen and oxygen atoms in total. The Hall–Kier alpha value is 0.290. The molecule has 2 rings (SSSR count). The Balaban J connectivity index is 2.03. The molecule has 0 bridgehead atoms. The van der Waals surface area contributed by atoms with E-state index in [4.69, 9.17) is 4.74 Å². The van der Waals surface area contributed by atoms with Gasteiger partial charge in [-0.15, -0.1) is 23.5 Å². The Labute approximate surface area is 130 Å². The highest BCUT2D eigenvalue weighted by molar-refractivity contribution is 8.18. The van der Waals surface area contributed by atoms with Gasteiger partial charge in [-0.3, -0.25) is 4.79 Å². The molecule has 0 unspecified atom stereocenters. The summed E-state index contributed by atoms with van der Waals surface area (Å²) in [5.74, 6) is 2.62. The molecular weight excluding hydrogens is 292 g/mol. The van der Waals surface area contributed by atoms with Crippen molar-refractivity contribution < 1.29 is 14.6 Å². The molecule has 2 fully saturated rings. The van der Waals surface area contributed by atoms with Gasteiger partial charge in [0.25, 0.3) is 0 Å². The summed E-state index contributed by atoms with van der Waals surface area (Å²) in [7, 11) is 0. The molecule has 0 aromatic carbocycles. The van der Waals surface area contributed by atoms with Crippen molar-refractivity contribution in [2.24, 2.45) is 5.41 Å². The average Bonchev–Trinajstić information content (AvgIpc) is 2.37. The van der Waals surface area contributed by atoms with E-state index in [2.05, 4.69) is 0 Å². The number of hydrogen-bond donors (Lipinski definition) is 1. The minimum atomic E-state index is -0.310. The van der Waals surface area contributed by atoms with Crippen LogP contribution in [0, 0.1) is 5.41 Å². The van der Waals surface area contributed by atoms with E-state index < -0.39 is 0 Å². The first kappa shape index (κ1) is 16.7. The van der Waals surface area contributed by atoms with Crippen molar-refractivity contribution in [3.63, 3.8) is 0 Å². The number of aliphatic hydroxyl groups excluding tert-OH is 1. The normalized spacial score (nSPS) is 30.4. The lowest BCUT2D eigenvalue weighted by Gasteiger charge is -2.45. The van der Waals surface area contributed by atoms with Gasteiger partial charge in [0.1, 0.15) is 5.78 Å². The zero-order chi connectivity index (χ0) is 14.8. The molecule has 0 aromatic rings. The van der Waals surface area contributed by atoms with E-state index in [1.165, 1.54) is 17.9 Å². The molecule has 2 aliphatic rings. The number of ketones is 1. The molecule has 5 heteroatoms. The first-order valence-corrected chi connectivity index (χ1v) is 9.39. The minimum absolute atomic E-state index is 0.0364. The molecule has 0 aliphatic carbocycles. The van der Waals surface area contributed by atoms with Crippen LogP contribution >= 0.6 is 23.5 Å². The zero-order valence-electron chi connectivity index (χ0n) is 12.7. The van der Waals surface area contributed by atoms with Crippen LogP contribution < -0.4 is 0 Å². The average molecular weight is 319 g/mol. The monoisotopic (exact) mass is 318 g/mol. The van der Waals surface area contributed by atoms with Gasteiger partial charge < -0.3 is 9.84 Å². The van der Waals surface area contributed by atoms with Crippen molar-refractivity contribution in [3.8, 4) is 0 Å². The summed E-state index contributed by atoms with van der Waals surface area (Å²) in [6.45, 7) is 5.94. The first-order valence-electron chi connectivity index (χ1n) is 7.42. The molecule has 0 aromatic heterocycles. The Morgan fingerprint density at radius 2 is 1.85 bits per heavy atom. The van der Waals surface area contributed by atoms with Crippen molar-refractivity contribution in [3.05, 3.63) is 0 Å². The van der Waals surface area contributed by atoms with Crippen molar-refractivity contribution in [2.45, 2.75) is 62.7 Å². The fraction of sp³-hybridized carbons (Fsp3) is 0.933. The molecule has 20 heavy (non-hydrogen) atoms. The molecule has 0 amide bonds. The van der Waals surface area contributed by atoms with Gasteiger partial charge in [-0.1, -0.05) is 20.8 Å². The van der Waals surface area contributed by atoms with Crippen LogP contribution in [0.3, 0.4) is 0 Å². The lowest BCUT2D eigenvalue weighted by molar-refractivity contribution is -0.134. The van der Waals surface area contributed by atoms with E-state index in [9.17, 15) is 9.90 Å². The zero-order valence-corrected chi connectivity index (χ0v) is 14.3. The number of rotatable bonds is 3. The Morgan fingerprint density at radius 3 is 2.40 bits per heavy atom. The lowest BCUT2D eigenvalue weighted by atomic mass is 9.86. The predicted octanol–water partition coefficient (Wildman–Crippen LogP) is 3.10. The van der Waals surface area contributed by atoms with E-state index in [1.54, 1.807) is 0 Å². The van der Waals surface area contributed by atoms with Gasteiger partial charge in [-0.05, 0) is 30.8 Å². The highest BCUT2D eigenvalue weighted by Gasteiger charge is 2.44. The molecule has 1 spiro atoms. The number of ether oxygens (including phenoxy) is 1. The second-order valence-electron chi connectivity index (χ2n) is 6.81. The maximum atomic E-state index is 12.2. The number of carbonyl (C=O) groups excluding carboxylic acids is 1. The van der Waals surface area contributed by atoms with Crippen molar-refractivity contribution >= 4 is 29.3 Å². The SMILES string of the molecule is CC(C)(C)C(=O)C[C@@H]1CC2(C[C@H](CO)O1)SCCCS2. The summed E-state index contributed by atoms with van der Waals surface area (Å²) in [5.41, 5.74) is -0.310. The van der Waals surface area contributed by atoms with Crippen LogP contribution in [0.15, 0.2) is 0 Å². The van der Waals surface area contributed by atoms with E-state index >= 15 is 0 Å². The first-order chi connectivity index (χ1) is 9.35.